The van der Waals surface area contributed by atoms with Crippen molar-refractivity contribution in [3.8, 4) is 0 Å². The molecule has 3 unspecified atom stereocenters. The van der Waals surface area contributed by atoms with Crippen LogP contribution in [0.15, 0.2) is 42.9 Å². The fourth-order valence-electron chi connectivity index (χ4n) is 6.00. The zero-order valence-corrected chi connectivity index (χ0v) is 28.9. The third-order valence-corrected chi connectivity index (χ3v) is 9.17. The van der Waals surface area contributed by atoms with Crippen LogP contribution in [0.1, 0.15) is 83.4 Å². The SMILES string of the molecule is CC(=O)N(C)N(C)C(=O)OC(Cc1ccccc1)C(=O)N(C)[C@@H](Cc1c[nH]cn1)C(=O)NC(CC1CCCCC1)C(O)CCC(C)C. The Labute approximate surface area is 279 Å². The molecule has 4 amide bonds. The van der Waals surface area contributed by atoms with Crippen LogP contribution >= 0.6 is 0 Å². The molecule has 0 saturated heterocycles. The summed E-state index contributed by atoms with van der Waals surface area (Å²) in [5.74, 6) is -0.564. The first-order chi connectivity index (χ1) is 22.4. The van der Waals surface area contributed by atoms with E-state index in [1.54, 1.807) is 6.20 Å². The monoisotopic (exact) mass is 654 g/mol. The normalized spacial score (nSPS) is 16.1. The van der Waals surface area contributed by atoms with Crippen molar-refractivity contribution in [2.45, 2.75) is 109 Å². The van der Waals surface area contributed by atoms with Gasteiger partial charge in [-0.1, -0.05) is 76.3 Å². The van der Waals surface area contributed by atoms with Crippen LogP contribution in [0.5, 0.6) is 0 Å². The third-order valence-electron chi connectivity index (χ3n) is 9.17. The number of H-pyrrole nitrogens is 1. The summed E-state index contributed by atoms with van der Waals surface area (Å²) in [6.07, 6.45) is 8.12. The highest BCUT2D eigenvalue weighted by molar-refractivity contribution is 5.90. The molecule has 1 aromatic heterocycles. The summed E-state index contributed by atoms with van der Waals surface area (Å²) >= 11 is 0. The van der Waals surface area contributed by atoms with E-state index in [1.165, 1.54) is 45.7 Å². The van der Waals surface area contributed by atoms with Crippen LogP contribution in [-0.2, 0) is 32.0 Å². The lowest BCUT2D eigenvalue weighted by atomic mass is 9.83. The summed E-state index contributed by atoms with van der Waals surface area (Å²) in [4.78, 5) is 61.9. The van der Waals surface area contributed by atoms with Gasteiger partial charge in [-0.15, -0.1) is 0 Å². The van der Waals surface area contributed by atoms with Gasteiger partial charge < -0.3 is 25.0 Å². The molecule has 0 radical (unpaired) electrons. The number of carbonyl (C=O) groups excluding carboxylic acids is 4. The molecule has 1 aliphatic rings. The van der Waals surface area contributed by atoms with E-state index >= 15 is 0 Å². The Morgan fingerprint density at radius 2 is 1.68 bits per heavy atom. The first-order valence-electron chi connectivity index (χ1n) is 16.8. The number of benzene rings is 1. The minimum atomic E-state index is -1.29. The van der Waals surface area contributed by atoms with E-state index in [2.05, 4.69) is 29.1 Å². The van der Waals surface area contributed by atoms with Crippen molar-refractivity contribution in [1.82, 2.24) is 30.2 Å². The van der Waals surface area contributed by atoms with Crippen molar-refractivity contribution in [1.29, 1.82) is 0 Å². The van der Waals surface area contributed by atoms with Gasteiger partial charge in [0.2, 0.25) is 11.8 Å². The lowest BCUT2D eigenvalue weighted by molar-refractivity contribution is -0.148. The standard InChI is InChI=1S/C35H54N6O6/c1-24(2)17-18-31(43)29(19-26-13-9-7-10-14-26)38-33(44)30(21-28-22-36-23-37-28)39(4)34(45)32(20-27-15-11-8-12-16-27)47-35(46)41(6)40(5)25(3)42/h8,11-12,15-16,22-24,26,29-32,43H,7,9-10,13-14,17-21H2,1-6H3,(H,36,37)(H,38,44)/t29?,30-,31?,32?/m0/s1. The second-order valence-corrected chi connectivity index (χ2v) is 13.3. The van der Waals surface area contributed by atoms with Crippen LogP contribution in [0.2, 0.25) is 0 Å². The summed E-state index contributed by atoms with van der Waals surface area (Å²) in [6.45, 7) is 5.52. The summed E-state index contributed by atoms with van der Waals surface area (Å²) < 4.78 is 5.72. The highest BCUT2D eigenvalue weighted by Crippen LogP contribution is 2.29. The number of amides is 4. The Bertz CT molecular complexity index is 1270. The maximum atomic E-state index is 14.2. The number of imidazole rings is 1. The average molecular weight is 655 g/mol. The maximum absolute atomic E-state index is 14.2. The Morgan fingerprint density at radius 3 is 2.28 bits per heavy atom. The molecule has 47 heavy (non-hydrogen) atoms. The Kier molecular flexibility index (Phi) is 14.7. The van der Waals surface area contributed by atoms with Gasteiger partial charge in [0.1, 0.15) is 6.04 Å². The van der Waals surface area contributed by atoms with Crippen LogP contribution in [0.4, 0.5) is 4.79 Å². The number of aromatic nitrogens is 2. The van der Waals surface area contributed by atoms with Crippen molar-refractivity contribution < 1.29 is 29.0 Å². The molecule has 260 valence electrons. The molecule has 3 rings (SSSR count). The van der Waals surface area contributed by atoms with E-state index in [9.17, 15) is 24.3 Å². The largest absolute Gasteiger partial charge is 0.434 e. The number of hydrogen-bond acceptors (Lipinski definition) is 7. The number of nitrogens with one attached hydrogen (secondary N) is 2. The van der Waals surface area contributed by atoms with Crippen LogP contribution in [-0.4, -0.2) is 99.2 Å². The van der Waals surface area contributed by atoms with Gasteiger partial charge in [0.05, 0.1) is 24.2 Å². The third kappa shape index (κ3) is 11.7. The lowest BCUT2D eigenvalue weighted by Crippen LogP contribution is -2.56. The summed E-state index contributed by atoms with van der Waals surface area (Å²) in [5.41, 5.74) is 1.33. The van der Waals surface area contributed by atoms with Crippen LogP contribution < -0.4 is 5.32 Å². The Hall–Kier alpha value is -3.93. The highest BCUT2D eigenvalue weighted by Gasteiger charge is 2.37. The average Bonchev–Trinajstić information content (AvgIpc) is 3.58. The quantitative estimate of drug-likeness (QED) is 0.245. The van der Waals surface area contributed by atoms with E-state index in [0.29, 0.717) is 30.4 Å². The number of likely N-dealkylation sites (N-methyl/N-ethyl adjacent to an activating group) is 1. The number of aromatic amines is 1. The van der Waals surface area contributed by atoms with E-state index < -0.39 is 42.2 Å². The fourth-order valence-corrected chi connectivity index (χ4v) is 6.00. The molecule has 1 fully saturated rings. The topological polar surface area (TPSA) is 148 Å². The number of hydrogen-bond donors (Lipinski definition) is 3. The second kappa shape index (κ2) is 18.4. The second-order valence-electron chi connectivity index (χ2n) is 13.3. The molecular weight excluding hydrogens is 600 g/mol. The predicted octanol–water partition coefficient (Wildman–Crippen LogP) is 4.10. The van der Waals surface area contributed by atoms with Crippen molar-refractivity contribution in [3.63, 3.8) is 0 Å². The molecule has 2 aromatic rings. The van der Waals surface area contributed by atoms with Crippen molar-refractivity contribution in [2.75, 3.05) is 21.1 Å². The molecule has 4 atom stereocenters. The Morgan fingerprint density at radius 1 is 1.00 bits per heavy atom. The zero-order valence-electron chi connectivity index (χ0n) is 28.9. The number of aliphatic hydroxyl groups excluding tert-OH is 1. The zero-order chi connectivity index (χ0) is 34.5. The fraction of sp³-hybridized carbons (Fsp3) is 0.629. The van der Waals surface area contributed by atoms with E-state index in [4.69, 9.17) is 4.74 Å². The number of aliphatic hydroxyl groups is 1. The number of ether oxygens (including phenoxy) is 1. The molecule has 12 nitrogen and oxygen atoms in total. The van der Waals surface area contributed by atoms with Gasteiger partial charge in [-0.2, -0.15) is 0 Å². The van der Waals surface area contributed by atoms with Crippen molar-refractivity contribution in [3.05, 3.63) is 54.1 Å². The number of rotatable bonds is 15. The molecule has 0 bridgehead atoms. The number of hydrazine groups is 1. The lowest BCUT2D eigenvalue weighted by Gasteiger charge is -2.35. The first kappa shape index (κ1) is 37.5. The van der Waals surface area contributed by atoms with Gasteiger partial charge in [-0.25, -0.2) is 14.8 Å². The van der Waals surface area contributed by atoms with Gasteiger partial charge in [0.15, 0.2) is 6.10 Å². The minimum Gasteiger partial charge on any atom is -0.434 e. The number of nitrogens with zero attached hydrogens (tertiary/aromatic N) is 4. The summed E-state index contributed by atoms with van der Waals surface area (Å²) in [5, 5.41) is 16.5. The van der Waals surface area contributed by atoms with E-state index in [-0.39, 0.29) is 18.7 Å². The van der Waals surface area contributed by atoms with Gasteiger partial charge in [-0.3, -0.25) is 19.4 Å². The molecule has 1 heterocycles. The number of carbonyl (C=O) groups is 4. The first-order valence-corrected chi connectivity index (χ1v) is 16.8. The van der Waals surface area contributed by atoms with Crippen LogP contribution in [0.3, 0.4) is 0 Å². The molecular formula is C35H54N6O6. The molecule has 0 aliphatic heterocycles. The molecule has 0 spiro atoms. The van der Waals surface area contributed by atoms with E-state index in [0.717, 1.165) is 47.7 Å². The van der Waals surface area contributed by atoms with Crippen molar-refractivity contribution >= 4 is 23.8 Å². The molecule has 1 aromatic carbocycles. The minimum absolute atomic E-state index is 0.0579. The van der Waals surface area contributed by atoms with Crippen LogP contribution in [0, 0.1) is 11.8 Å². The van der Waals surface area contributed by atoms with Gasteiger partial charge >= 0.3 is 6.09 Å². The van der Waals surface area contributed by atoms with Crippen LogP contribution in [0.25, 0.3) is 0 Å². The Balaban J connectivity index is 1.89. The van der Waals surface area contributed by atoms with Gasteiger partial charge in [0.25, 0.3) is 5.91 Å². The van der Waals surface area contributed by atoms with E-state index in [1.807, 2.05) is 30.3 Å². The van der Waals surface area contributed by atoms with Crippen molar-refractivity contribution in [2.24, 2.45) is 11.8 Å². The smallest absolute Gasteiger partial charge is 0.429 e. The maximum Gasteiger partial charge on any atom is 0.429 e. The molecule has 1 saturated carbocycles. The molecule has 1 aliphatic carbocycles. The summed E-state index contributed by atoms with van der Waals surface area (Å²) in [7, 11) is 4.32. The molecule has 12 heteroatoms. The summed E-state index contributed by atoms with van der Waals surface area (Å²) in [6, 6.07) is 7.66. The van der Waals surface area contributed by atoms with Gasteiger partial charge in [0, 0.05) is 47.1 Å². The molecule has 3 N–H and O–H groups in total. The highest BCUT2D eigenvalue weighted by atomic mass is 16.6. The predicted molar refractivity (Wildman–Crippen MR) is 179 cm³/mol. The van der Waals surface area contributed by atoms with Gasteiger partial charge in [-0.05, 0) is 36.7 Å².